The quantitative estimate of drug-likeness (QED) is 0.852. The summed E-state index contributed by atoms with van der Waals surface area (Å²) in [5.41, 5.74) is 6.99. The van der Waals surface area contributed by atoms with Crippen LogP contribution in [-0.4, -0.2) is 18.6 Å². The Bertz CT molecular complexity index is 609. The molecule has 0 aliphatic rings. The lowest BCUT2D eigenvalue weighted by Gasteiger charge is -2.07. The molecule has 5 heteroatoms. The van der Waals surface area contributed by atoms with Crippen molar-refractivity contribution in [2.45, 2.75) is 6.92 Å². The first kappa shape index (κ1) is 14.6. The molecule has 0 atom stereocenters. The molecular formula is C16H16N2O3. The van der Waals surface area contributed by atoms with Gasteiger partial charge in [0.15, 0.2) is 0 Å². The summed E-state index contributed by atoms with van der Waals surface area (Å²) in [5.74, 6) is -0.400. The summed E-state index contributed by atoms with van der Waals surface area (Å²) in [6, 6.07) is 17.0. The molecule has 0 spiro atoms. The number of hydrazine groups is 1. The Balaban J connectivity index is 1.99. The summed E-state index contributed by atoms with van der Waals surface area (Å²) < 4.78 is 4.64. The van der Waals surface area contributed by atoms with Gasteiger partial charge in [-0.25, -0.2) is 10.2 Å². The first-order chi connectivity index (χ1) is 10.2. The van der Waals surface area contributed by atoms with Gasteiger partial charge >= 0.3 is 6.09 Å². The van der Waals surface area contributed by atoms with Crippen LogP contribution >= 0.6 is 0 Å². The molecule has 0 heterocycles. The van der Waals surface area contributed by atoms with E-state index in [1.165, 1.54) is 0 Å². The van der Waals surface area contributed by atoms with E-state index in [1.54, 1.807) is 19.1 Å². The van der Waals surface area contributed by atoms with Crippen molar-refractivity contribution < 1.29 is 14.3 Å². The van der Waals surface area contributed by atoms with Crippen LogP contribution in [0.25, 0.3) is 11.1 Å². The van der Waals surface area contributed by atoms with Crippen LogP contribution in [0.1, 0.15) is 17.3 Å². The van der Waals surface area contributed by atoms with Gasteiger partial charge in [0.2, 0.25) is 0 Å². The minimum absolute atomic E-state index is 0.244. The summed E-state index contributed by atoms with van der Waals surface area (Å²) in [6.45, 7) is 1.93. The van der Waals surface area contributed by atoms with Crippen molar-refractivity contribution in [3.05, 3.63) is 60.2 Å². The van der Waals surface area contributed by atoms with Gasteiger partial charge in [-0.15, -0.1) is 0 Å². The van der Waals surface area contributed by atoms with Crippen LogP contribution < -0.4 is 10.9 Å². The molecule has 2 aromatic carbocycles. The molecule has 2 aromatic rings. The fourth-order valence-electron chi connectivity index (χ4n) is 1.79. The fourth-order valence-corrected chi connectivity index (χ4v) is 1.79. The van der Waals surface area contributed by atoms with Crippen LogP contribution in [0.2, 0.25) is 0 Å². The first-order valence-electron chi connectivity index (χ1n) is 6.59. The smallest absolute Gasteiger partial charge is 0.426 e. The molecule has 0 aliphatic heterocycles. The van der Waals surface area contributed by atoms with E-state index in [-0.39, 0.29) is 6.61 Å². The lowest BCUT2D eigenvalue weighted by molar-refractivity contribution is 0.0912. The third kappa shape index (κ3) is 4.07. The van der Waals surface area contributed by atoms with Crippen LogP contribution in [0.4, 0.5) is 4.79 Å². The average molecular weight is 284 g/mol. The van der Waals surface area contributed by atoms with E-state index in [4.69, 9.17) is 0 Å². The van der Waals surface area contributed by atoms with Crippen LogP contribution in [0, 0.1) is 0 Å². The molecule has 5 nitrogen and oxygen atoms in total. The van der Waals surface area contributed by atoms with E-state index >= 15 is 0 Å². The summed E-state index contributed by atoms with van der Waals surface area (Å²) in [6.07, 6.45) is -0.688. The van der Waals surface area contributed by atoms with Crippen molar-refractivity contribution in [2.75, 3.05) is 6.61 Å². The van der Waals surface area contributed by atoms with Gasteiger partial charge in [-0.1, -0.05) is 42.5 Å². The molecule has 0 aliphatic carbocycles. The number of carbonyl (C=O) groups excluding carboxylic acids is 2. The molecule has 0 unspecified atom stereocenters. The van der Waals surface area contributed by atoms with Crippen LogP contribution in [-0.2, 0) is 4.74 Å². The zero-order valence-electron chi connectivity index (χ0n) is 11.6. The molecule has 21 heavy (non-hydrogen) atoms. The SMILES string of the molecule is CCOC(=O)NNC(=O)c1ccc(-c2ccccc2)cc1. The predicted molar refractivity (Wildman–Crippen MR) is 79.5 cm³/mol. The molecule has 2 rings (SSSR count). The molecular weight excluding hydrogens is 268 g/mol. The molecule has 2 N–H and O–H groups in total. The minimum atomic E-state index is -0.688. The number of ether oxygens (including phenoxy) is 1. The van der Waals surface area contributed by atoms with Crippen LogP contribution in [0.3, 0.4) is 0 Å². The third-order valence-electron chi connectivity index (χ3n) is 2.81. The van der Waals surface area contributed by atoms with Gasteiger partial charge in [0.05, 0.1) is 6.61 Å². The Morgan fingerprint density at radius 3 is 2.14 bits per heavy atom. The highest BCUT2D eigenvalue weighted by Gasteiger charge is 2.07. The maximum atomic E-state index is 11.8. The number of carbonyl (C=O) groups is 2. The summed E-state index contributed by atoms with van der Waals surface area (Å²) >= 11 is 0. The summed E-state index contributed by atoms with van der Waals surface area (Å²) in [4.78, 5) is 22.9. The predicted octanol–water partition coefficient (Wildman–Crippen LogP) is 2.74. The van der Waals surface area contributed by atoms with Crippen molar-refractivity contribution in [1.29, 1.82) is 0 Å². The highest BCUT2D eigenvalue weighted by atomic mass is 16.5. The van der Waals surface area contributed by atoms with E-state index in [1.807, 2.05) is 42.5 Å². The first-order valence-corrected chi connectivity index (χ1v) is 6.59. The number of hydrogen-bond donors (Lipinski definition) is 2. The van der Waals surface area contributed by atoms with E-state index < -0.39 is 12.0 Å². The second-order valence-corrected chi connectivity index (χ2v) is 4.24. The highest BCUT2D eigenvalue weighted by Crippen LogP contribution is 2.19. The molecule has 0 saturated carbocycles. The van der Waals surface area contributed by atoms with Gasteiger partial charge in [-0.3, -0.25) is 10.2 Å². The van der Waals surface area contributed by atoms with Gasteiger partial charge in [0, 0.05) is 5.56 Å². The standard InChI is InChI=1S/C16H16N2O3/c1-2-21-16(20)18-17-15(19)14-10-8-13(9-11-14)12-6-4-3-5-7-12/h3-11H,2H2,1H3,(H,17,19)(H,18,20). The largest absolute Gasteiger partial charge is 0.449 e. The molecule has 0 aromatic heterocycles. The second-order valence-electron chi connectivity index (χ2n) is 4.24. The lowest BCUT2D eigenvalue weighted by Crippen LogP contribution is -2.41. The summed E-state index contributed by atoms with van der Waals surface area (Å²) in [7, 11) is 0. The number of benzene rings is 2. The monoisotopic (exact) mass is 284 g/mol. The van der Waals surface area contributed by atoms with Crippen LogP contribution in [0.5, 0.6) is 0 Å². The normalized spacial score (nSPS) is 9.76. The fraction of sp³-hybridized carbons (Fsp3) is 0.125. The number of rotatable bonds is 3. The van der Waals surface area contributed by atoms with Crippen molar-refractivity contribution in [1.82, 2.24) is 10.9 Å². The van der Waals surface area contributed by atoms with Gasteiger partial charge < -0.3 is 4.74 Å². The Labute approximate surface area is 122 Å². The van der Waals surface area contributed by atoms with Crippen molar-refractivity contribution >= 4 is 12.0 Å². The van der Waals surface area contributed by atoms with E-state index in [9.17, 15) is 9.59 Å². The Kier molecular flexibility index (Phi) is 4.93. The second kappa shape index (κ2) is 7.09. The number of amides is 2. The molecule has 2 amide bonds. The van der Waals surface area contributed by atoms with Crippen molar-refractivity contribution in [3.8, 4) is 11.1 Å². The van der Waals surface area contributed by atoms with Gasteiger partial charge in [0.1, 0.15) is 0 Å². The van der Waals surface area contributed by atoms with E-state index in [2.05, 4.69) is 15.6 Å². The minimum Gasteiger partial charge on any atom is -0.449 e. The van der Waals surface area contributed by atoms with Gasteiger partial charge in [-0.2, -0.15) is 0 Å². The molecule has 108 valence electrons. The zero-order valence-corrected chi connectivity index (χ0v) is 11.6. The topological polar surface area (TPSA) is 67.4 Å². The Morgan fingerprint density at radius 1 is 0.905 bits per heavy atom. The van der Waals surface area contributed by atoms with Crippen molar-refractivity contribution in [2.24, 2.45) is 0 Å². The average Bonchev–Trinajstić information content (AvgIpc) is 2.54. The number of hydrogen-bond acceptors (Lipinski definition) is 3. The maximum Gasteiger partial charge on any atom is 0.426 e. The third-order valence-corrected chi connectivity index (χ3v) is 2.81. The Hall–Kier alpha value is -2.82. The highest BCUT2D eigenvalue weighted by molar-refractivity contribution is 5.95. The lowest BCUT2D eigenvalue weighted by atomic mass is 10.0. The Morgan fingerprint density at radius 2 is 1.52 bits per heavy atom. The molecule has 0 radical (unpaired) electrons. The molecule has 0 fully saturated rings. The van der Waals surface area contributed by atoms with Gasteiger partial charge in [-0.05, 0) is 30.2 Å². The molecule has 0 bridgehead atoms. The van der Waals surface area contributed by atoms with Gasteiger partial charge in [0.25, 0.3) is 5.91 Å². The molecule has 0 saturated heterocycles. The zero-order chi connectivity index (χ0) is 15.1. The van der Waals surface area contributed by atoms with E-state index in [0.29, 0.717) is 5.56 Å². The van der Waals surface area contributed by atoms with Crippen molar-refractivity contribution in [3.63, 3.8) is 0 Å². The summed E-state index contributed by atoms with van der Waals surface area (Å²) in [5, 5.41) is 0. The van der Waals surface area contributed by atoms with E-state index in [0.717, 1.165) is 11.1 Å². The maximum absolute atomic E-state index is 11.8. The number of nitrogens with one attached hydrogen (secondary N) is 2. The van der Waals surface area contributed by atoms with Crippen LogP contribution in [0.15, 0.2) is 54.6 Å².